The van der Waals surface area contributed by atoms with Gasteiger partial charge in [-0.15, -0.1) is 10.2 Å². The zero-order chi connectivity index (χ0) is 27.8. The van der Waals surface area contributed by atoms with Crippen molar-refractivity contribution in [2.45, 2.75) is 37.1 Å². The number of benzene rings is 2. The van der Waals surface area contributed by atoms with E-state index >= 15 is 4.39 Å². The van der Waals surface area contributed by atoms with Crippen LogP contribution in [0.25, 0.3) is 11.1 Å². The molecule has 1 atom stereocenters. The van der Waals surface area contributed by atoms with Crippen LogP contribution in [-0.4, -0.2) is 56.2 Å². The van der Waals surface area contributed by atoms with Crippen molar-refractivity contribution in [3.05, 3.63) is 68.6 Å². The van der Waals surface area contributed by atoms with Crippen molar-refractivity contribution in [1.82, 2.24) is 20.0 Å². The maximum atomic E-state index is 15.1. The molecule has 3 aromatic rings. The summed E-state index contributed by atoms with van der Waals surface area (Å²) in [4.78, 5) is 27.5. The highest BCUT2D eigenvalue weighted by Gasteiger charge is 2.68. The summed E-state index contributed by atoms with van der Waals surface area (Å²) in [5, 5.41) is 7.96. The molecule has 1 aliphatic heterocycles. The molecular formula is C24H20BrF5N4O2S2. The van der Waals surface area contributed by atoms with Crippen LogP contribution >= 0.6 is 39.0 Å². The minimum absolute atomic E-state index is 0.110. The third kappa shape index (κ3) is 5.43. The lowest BCUT2D eigenvalue weighted by Crippen LogP contribution is -2.43. The van der Waals surface area contributed by atoms with Crippen LogP contribution in [-0.2, 0) is 11.3 Å². The maximum Gasteiger partial charge on any atom is 0.413 e. The molecule has 0 bridgehead atoms. The number of halogens is 6. The van der Waals surface area contributed by atoms with E-state index in [1.165, 1.54) is 18.2 Å². The number of urea groups is 1. The molecule has 1 aliphatic carbocycles. The second kappa shape index (κ2) is 10.9. The van der Waals surface area contributed by atoms with E-state index in [1.807, 2.05) is 12.5 Å². The van der Waals surface area contributed by atoms with Crippen LogP contribution in [0.5, 0.6) is 0 Å². The van der Waals surface area contributed by atoms with Gasteiger partial charge in [-0.3, -0.25) is 4.79 Å². The third-order valence-corrected chi connectivity index (χ3v) is 7.41. The molecule has 14 heteroatoms. The van der Waals surface area contributed by atoms with Gasteiger partial charge in [0.2, 0.25) is 0 Å². The molecule has 1 spiro atoms. The predicted octanol–water partition coefficient (Wildman–Crippen LogP) is 6.83. The van der Waals surface area contributed by atoms with Crippen molar-refractivity contribution in [1.29, 1.82) is 0 Å². The Bertz CT molecular complexity index is 1350. The lowest BCUT2D eigenvalue weighted by molar-refractivity contribution is -0.183. The number of amides is 3. The molecule has 2 aliphatic rings. The van der Waals surface area contributed by atoms with Crippen LogP contribution < -0.4 is 0 Å². The maximum absolute atomic E-state index is 15.1. The summed E-state index contributed by atoms with van der Waals surface area (Å²) in [6.07, 6.45) is -0.656. The SMILES string of the molecule is CSC.O=C1N(C(c2ccc(-c3ccc(F)cc3)cc2F)C(F)(F)F)C(=O)C2(CC2)N1Cc1nnc(Br)s1. The molecule has 0 radical (unpaired) electrons. The summed E-state index contributed by atoms with van der Waals surface area (Å²) in [5.74, 6) is -2.78. The van der Waals surface area contributed by atoms with Crippen molar-refractivity contribution < 1.29 is 31.5 Å². The topological polar surface area (TPSA) is 66.4 Å². The molecule has 2 heterocycles. The molecule has 5 rings (SSSR count). The molecule has 6 nitrogen and oxygen atoms in total. The molecule has 1 saturated carbocycles. The Kier molecular flexibility index (Phi) is 8.15. The first-order chi connectivity index (χ1) is 17.9. The number of hydrogen-bond donors (Lipinski definition) is 0. The molecule has 38 heavy (non-hydrogen) atoms. The van der Waals surface area contributed by atoms with Crippen LogP contribution in [0.3, 0.4) is 0 Å². The molecule has 1 aromatic heterocycles. The van der Waals surface area contributed by atoms with Gasteiger partial charge in [0.25, 0.3) is 5.91 Å². The Hall–Kier alpha value is -2.58. The van der Waals surface area contributed by atoms with Gasteiger partial charge in [0.05, 0.1) is 6.54 Å². The normalized spacial score (nSPS) is 17.1. The van der Waals surface area contributed by atoms with Crippen LogP contribution in [0.15, 0.2) is 46.4 Å². The largest absolute Gasteiger partial charge is 0.413 e. The highest BCUT2D eigenvalue weighted by Crippen LogP contribution is 2.53. The third-order valence-electron chi connectivity index (χ3n) is 6.07. The van der Waals surface area contributed by atoms with Crippen LogP contribution in [0.2, 0.25) is 0 Å². The number of nitrogens with zero attached hydrogens (tertiary/aromatic N) is 4. The number of aromatic nitrogens is 2. The Morgan fingerprint density at radius 3 is 2.16 bits per heavy atom. The summed E-state index contributed by atoms with van der Waals surface area (Å²) < 4.78 is 71.6. The van der Waals surface area contributed by atoms with E-state index in [-0.39, 0.29) is 29.8 Å². The average molecular weight is 635 g/mol. The van der Waals surface area contributed by atoms with Gasteiger partial charge in [0.15, 0.2) is 9.96 Å². The van der Waals surface area contributed by atoms with E-state index in [0.29, 0.717) is 14.5 Å². The van der Waals surface area contributed by atoms with Crippen LogP contribution in [0.4, 0.5) is 26.7 Å². The van der Waals surface area contributed by atoms with Crippen molar-refractivity contribution in [3.63, 3.8) is 0 Å². The van der Waals surface area contributed by atoms with Gasteiger partial charge in [-0.2, -0.15) is 24.9 Å². The van der Waals surface area contributed by atoms with Crippen molar-refractivity contribution >= 4 is 51.0 Å². The summed E-state index contributed by atoms with van der Waals surface area (Å²) in [6, 6.07) is 4.03. The summed E-state index contributed by atoms with van der Waals surface area (Å²) in [5.41, 5.74) is -1.65. The zero-order valence-electron chi connectivity index (χ0n) is 19.9. The van der Waals surface area contributed by atoms with Crippen molar-refractivity contribution in [2.75, 3.05) is 12.5 Å². The smallest absolute Gasteiger partial charge is 0.303 e. The van der Waals surface area contributed by atoms with Gasteiger partial charge in [-0.1, -0.05) is 35.6 Å². The number of carbonyl (C=O) groups excluding carboxylic acids is 2. The van der Waals surface area contributed by atoms with E-state index in [0.717, 1.165) is 40.5 Å². The lowest BCUT2D eigenvalue weighted by atomic mass is 9.98. The molecule has 202 valence electrons. The quantitative estimate of drug-likeness (QED) is 0.227. The summed E-state index contributed by atoms with van der Waals surface area (Å²) in [7, 11) is 0. The predicted molar refractivity (Wildman–Crippen MR) is 137 cm³/mol. The minimum Gasteiger partial charge on any atom is -0.303 e. The molecule has 0 N–H and O–H groups in total. The molecule has 2 fully saturated rings. The van der Waals surface area contributed by atoms with Crippen LogP contribution in [0.1, 0.15) is 29.5 Å². The first-order valence-corrected chi connectivity index (χ1v) is 14.3. The van der Waals surface area contributed by atoms with Crippen LogP contribution in [0, 0.1) is 11.6 Å². The number of alkyl halides is 3. The number of rotatable bonds is 5. The Balaban J connectivity index is 0.00000107. The van der Waals surface area contributed by atoms with Crippen molar-refractivity contribution in [2.24, 2.45) is 0 Å². The van der Waals surface area contributed by atoms with Gasteiger partial charge < -0.3 is 4.90 Å². The monoisotopic (exact) mass is 634 g/mol. The molecule has 1 unspecified atom stereocenters. The van der Waals surface area contributed by atoms with Gasteiger partial charge in [-0.05, 0) is 70.6 Å². The molecular weight excluding hydrogens is 615 g/mol. The fraction of sp³-hybridized carbons (Fsp3) is 0.333. The number of imide groups is 1. The first-order valence-electron chi connectivity index (χ1n) is 11.1. The van der Waals surface area contributed by atoms with Gasteiger partial charge in [0.1, 0.15) is 22.2 Å². The molecule has 1 saturated heterocycles. The highest BCUT2D eigenvalue weighted by atomic mass is 79.9. The van der Waals surface area contributed by atoms with E-state index in [4.69, 9.17) is 0 Å². The van der Waals surface area contributed by atoms with E-state index < -0.39 is 46.9 Å². The van der Waals surface area contributed by atoms with E-state index in [1.54, 1.807) is 11.8 Å². The van der Waals surface area contributed by atoms with E-state index in [9.17, 15) is 27.2 Å². The number of thioether (sulfide) groups is 1. The first kappa shape index (κ1) is 28.4. The molecule has 3 amide bonds. The van der Waals surface area contributed by atoms with Crippen molar-refractivity contribution in [3.8, 4) is 11.1 Å². The van der Waals surface area contributed by atoms with Gasteiger partial charge in [0, 0.05) is 5.56 Å². The fourth-order valence-corrected chi connectivity index (χ4v) is 5.44. The van der Waals surface area contributed by atoms with E-state index in [2.05, 4.69) is 26.1 Å². The Labute approximate surface area is 231 Å². The summed E-state index contributed by atoms with van der Waals surface area (Å²) >= 11 is 5.97. The highest BCUT2D eigenvalue weighted by molar-refractivity contribution is 9.11. The minimum atomic E-state index is -5.14. The number of carbonyl (C=O) groups is 2. The Morgan fingerprint density at radius 2 is 1.66 bits per heavy atom. The second-order valence-electron chi connectivity index (χ2n) is 8.62. The van der Waals surface area contributed by atoms with Gasteiger partial charge >= 0.3 is 12.2 Å². The Morgan fingerprint density at radius 1 is 1.05 bits per heavy atom. The zero-order valence-corrected chi connectivity index (χ0v) is 23.1. The standard InChI is InChI=1S/C22H14BrF5N4O2S.C2H6S/c23-19-30-29-16(35-19)10-31-20(34)32(18(33)21(31)7-8-21)17(22(26,27)28)14-6-3-12(9-15(14)25)11-1-4-13(24)5-2-11;1-3-2/h1-6,9,17H,7-8,10H2;1-2H3. The van der Waals surface area contributed by atoms with Gasteiger partial charge in [-0.25, -0.2) is 18.5 Å². The number of hydrogen-bond acceptors (Lipinski definition) is 6. The second-order valence-corrected chi connectivity index (χ2v) is 11.8. The summed E-state index contributed by atoms with van der Waals surface area (Å²) in [6.45, 7) is -0.194. The fourth-order valence-electron chi connectivity index (χ4n) is 4.25. The molecule has 2 aromatic carbocycles. The average Bonchev–Trinajstić information content (AvgIpc) is 3.51. The lowest BCUT2D eigenvalue weighted by Gasteiger charge is -2.29.